The number of benzene rings is 1. The van der Waals surface area contributed by atoms with E-state index >= 15 is 0 Å². The summed E-state index contributed by atoms with van der Waals surface area (Å²) in [5, 5.41) is 3.58. The van der Waals surface area contributed by atoms with E-state index in [1.807, 2.05) is 6.07 Å². The first-order valence-corrected chi connectivity index (χ1v) is 7.81. The molecule has 2 rings (SSSR count). The third-order valence-corrected chi connectivity index (χ3v) is 4.19. The van der Waals surface area contributed by atoms with E-state index < -0.39 is 0 Å². The van der Waals surface area contributed by atoms with Crippen LogP contribution in [-0.2, 0) is 14.3 Å². The number of nitrogens with zero attached hydrogens (tertiary/aromatic N) is 1. The van der Waals surface area contributed by atoms with Gasteiger partial charge in [-0.2, -0.15) is 0 Å². The lowest BCUT2D eigenvalue weighted by molar-refractivity contribution is -0.139. The number of rotatable bonds is 4. The molecule has 0 unspecified atom stereocenters. The van der Waals surface area contributed by atoms with Crippen LogP contribution in [0.15, 0.2) is 18.2 Å². The van der Waals surface area contributed by atoms with Gasteiger partial charge in [0.1, 0.15) is 6.10 Å². The van der Waals surface area contributed by atoms with Crippen LogP contribution in [0.25, 0.3) is 0 Å². The smallest absolute Gasteiger partial charge is 0.224 e. The summed E-state index contributed by atoms with van der Waals surface area (Å²) >= 11 is 11.9. The Morgan fingerprint density at radius 1 is 1.36 bits per heavy atom. The second kappa shape index (κ2) is 7.81. The average Bonchev–Trinajstić information content (AvgIpc) is 2.49. The molecule has 1 saturated heterocycles. The number of ether oxygens (including phenoxy) is 1. The van der Waals surface area contributed by atoms with E-state index in [0.717, 1.165) is 5.56 Å². The lowest BCUT2D eigenvalue weighted by atomic mass is 10.1. The van der Waals surface area contributed by atoms with Crippen molar-refractivity contribution in [2.75, 3.05) is 26.2 Å². The van der Waals surface area contributed by atoms with Gasteiger partial charge in [-0.1, -0.05) is 29.3 Å². The van der Waals surface area contributed by atoms with Gasteiger partial charge in [0.15, 0.2) is 0 Å². The molecule has 1 aromatic rings. The summed E-state index contributed by atoms with van der Waals surface area (Å²) in [6.07, 6.45) is 0.0708. The molecule has 0 saturated carbocycles. The van der Waals surface area contributed by atoms with Crippen LogP contribution in [0, 0.1) is 0 Å². The molecule has 1 aliphatic heterocycles. The molecule has 0 bridgehead atoms. The quantitative estimate of drug-likeness (QED) is 0.912. The minimum Gasteiger partial charge on any atom is -0.370 e. The minimum absolute atomic E-state index is 0.00195. The fraction of sp³-hybridized carbons (Fsp3) is 0.467. The van der Waals surface area contributed by atoms with Crippen LogP contribution in [0.3, 0.4) is 0 Å². The average molecular weight is 345 g/mol. The fourth-order valence-electron chi connectivity index (χ4n) is 2.29. The van der Waals surface area contributed by atoms with Crippen molar-refractivity contribution >= 4 is 35.0 Å². The van der Waals surface area contributed by atoms with Gasteiger partial charge in [-0.05, 0) is 17.7 Å². The Bertz CT molecular complexity index is 566. The van der Waals surface area contributed by atoms with Gasteiger partial charge in [0.2, 0.25) is 11.8 Å². The van der Waals surface area contributed by atoms with Crippen molar-refractivity contribution in [2.45, 2.75) is 19.4 Å². The highest BCUT2D eigenvalue weighted by Gasteiger charge is 2.25. The number of carbonyl (C=O) groups is 2. The molecule has 1 fully saturated rings. The van der Waals surface area contributed by atoms with Crippen molar-refractivity contribution in [3.63, 3.8) is 0 Å². The number of hydrogen-bond donors (Lipinski definition) is 1. The molecule has 1 aliphatic rings. The normalized spacial score (nSPS) is 18.1. The number of nitrogens with one attached hydrogen (secondary N) is 1. The summed E-state index contributed by atoms with van der Waals surface area (Å²) in [5.41, 5.74) is 0.897. The van der Waals surface area contributed by atoms with Gasteiger partial charge >= 0.3 is 0 Å². The molecule has 0 aromatic heterocycles. The third-order valence-electron chi connectivity index (χ3n) is 3.45. The summed E-state index contributed by atoms with van der Waals surface area (Å²) in [4.78, 5) is 24.7. The van der Waals surface area contributed by atoms with E-state index in [1.54, 1.807) is 17.0 Å². The number of hydrogen-bond acceptors (Lipinski definition) is 3. The summed E-state index contributed by atoms with van der Waals surface area (Å²) in [6.45, 7) is 3.27. The van der Waals surface area contributed by atoms with E-state index in [0.29, 0.717) is 36.3 Å². The van der Waals surface area contributed by atoms with Gasteiger partial charge in [-0.3, -0.25) is 9.59 Å². The molecular weight excluding hydrogens is 327 g/mol. The molecule has 22 heavy (non-hydrogen) atoms. The zero-order valence-corrected chi connectivity index (χ0v) is 13.8. The monoisotopic (exact) mass is 344 g/mol. The molecule has 1 heterocycles. The lowest BCUT2D eigenvalue weighted by Crippen LogP contribution is -2.43. The first kappa shape index (κ1) is 17.1. The van der Waals surface area contributed by atoms with Crippen LogP contribution >= 0.6 is 23.2 Å². The number of morpholine rings is 1. The Hall–Kier alpha value is -1.30. The highest BCUT2D eigenvalue weighted by molar-refractivity contribution is 6.42. The summed E-state index contributed by atoms with van der Waals surface area (Å²) in [5.74, 6) is -0.134. The number of carbonyl (C=O) groups excluding carboxylic acids is 2. The Balaban J connectivity index is 1.94. The molecule has 5 nitrogen and oxygen atoms in total. The molecular formula is C15H18Cl2N2O3. The first-order valence-electron chi connectivity index (χ1n) is 7.06. The van der Waals surface area contributed by atoms with Crippen LogP contribution < -0.4 is 5.32 Å². The van der Waals surface area contributed by atoms with Crippen LogP contribution in [0.1, 0.15) is 25.0 Å². The fourth-order valence-corrected chi connectivity index (χ4v) is 2.60. The largest absolute Gasteiger partial charge is 0.370 e. The first-order chi connectivity index (χ1) is 10.5. The van der Waals surface area contributed by atoms with Gasteiger partial charge in [0.25, 0.3) is 0 Å². The van der Waals surface area contributed by atoms with Gasteiger partial charge in [0.05, 0.1) is 23.2 Å². The Morgan fingerprint density at radius 2 is 2.14 bits per heavy atom. The van der Waals surface area contributed by atoms with Crippen molar-refractivity contribution in [3.05, 3.63) is 33.8 Å². The van der Waals surface area contributed by atoms with Crippen LogP contribution in [-0.4, -0.2) is 43.0 Å². The second-order valence-corrected chi connectivity index (χ2v) is 5.92. The van der Waals surface area contributed by atoms with Crippen molar-refractivity contribution in [2.24, 2.45) is 0 Å². The maximum atomic E-state index is 12.1. The SMILES string of the molecule is CC(=O)NCCC(=O)N1CCO[C@H](c2ccc(Cl)c(Cl)c2)C1. The van der Waals surface area contributed by atoms with Crippen LogP contribution in [0.4, 0.5) is 0 Å². The predicted octanol–water partition coefficient (Wildman–Crippen LogP) is 2.42. The van der Waals surface area contributed by atoms with Crippen molar-refractivity contribution in [1.29, 1.82) is 0 Å². The van der Waals surface area contributed by atoms with E-state index in [9.17, 15) is 9.59 Å². The highest BCUT2D eigenvalue weighted by Crippen LogP contribution is 2.29. The maximum absolute atomic E-state index is 12.1. The molecule has 1 aromatic carbocycles. The van der Waals surface area contributed by atoms with E-state index in [4.69, 9.17) is 27.9 Å². The predicted molar refractivity (Wildman–Crippen MR) is 85.0 cm³/mol. The van der Waals surface area contributed by atoms with Gasteiger partial charge in [-0.15, -0.1) is 0 Å². The summed E-state index contributed by atoms with van der Waals surface area (Å²) in [6, 6.07) is 5.34. The van der Waals surface area contributed by atoms with E-state index in [1.165, 1.54) is 6.92 Å². The van der Waals surface area contributed by atoms with Gasteiger partial charge in [0, 0.05) is 26.4 Å². The second-order valence-electron chi connectivity index (χ2n) is 5.11. The van der Waals surface area contributed by atoms with Gasteiger partial charge < -0.3 is 15.0 Å². The minimum atomic E-state index is -0.215. The third kappa shape index (κ3) is 4.60. The standard InChI is InChI=1S/C15H18Cl2N2O3/c1-10(20)18-5-4-15(21)19-6-7-22-14(9-19)11-2-3-12(16)13(17)8-11/h2-3,8,14H,4-7,9H2,1H3,(H,18,20)/t14-/m0/s1. The Labute approximate surface area is 139 Å². The number of halogens is 2. The zero-order valence-electron chi connectivity index (χ0n) is 12.3. The van der Waals surface area contributed by atoms with E-state index in [-0.39, 0.29) is 24.3 Å². The molecule has 0 spiro atoms. The topological polar surface area (TPSA) is 58.6 Å². The number of amides is 2. The van der Waals surface area contributed by atoms with Crippen molar-refractivity contribution < 1.29 is 14.3 Å². The van der Waals surface area contributed by atoms with Gasteiger partial charge in [-0.25, -0.2) is 0 Å². The Morgan fingerprint density at radius 3 is 2.82 bits per heavy atom. The summed E-state index contributed by atoms with van der Waals surface area (Å²) in [7, 11) is 0. The molecule has 7 heteroatoms. The highest BCUT2D eigenvalue weighted by atomic mass is 35.5. The molecule has 0 aliphatic carbocycles. The van der Waals surface area contributed by atoms with E-state index in [2.05, 4.69) is 5.32 Å². The van der Waals surface area contributed by atoms with Crippen LogP contribution in [0.5, 0.6) is 0 Å². The molecule has 2 amide bonds. The van der Waals surface area contributed by atoms with Crippen molar-refractivity contribution in [3.8, 4) is 0 Å². The van der Waals surface area contributed by atoms with Crippen molar-refractivity contribution in [1.82, 2.24) is 10.2 Å². The molecule has 1 N–H and O–H groups in total. The zero-order chi connectivity index (χ0) is 16.1. The Kier molecular flexibility index (Phi) is 6.06. The molecule has 120 valence electrons. The molecule has 0 radical (unpaired) electrons. The summed E-state index contributed by atoms with van der Waals surface area (Å²) < 4.78 is 5.72. The maximum Gasteiger partial charge on any atom is 0.224 e. The lowest BCUT2D eigenvalue weighted by Gasteiger charge is -2.33. The molecule has 1 atom stereocenters. The van der Waals surface area contributed by atoms with Crippen LogP contribution in [0.2, 0.25) is 10.0 Å².